The van der Waals surface area contributed by atoms with Crippen LogP contribution in [-0.2, 0) is 24.1 Å². The molecule has 7 heteroatoms. The van der Waals surface area contributed by atoms with E-state index in [0.717, 1.165) is 0 Å². The summed E-state index contributed by atoms with van der Waals surface area (Å²) in [5, 5.41) is 9.44. The standard InChI is InChI=1S/C13H26O6S/c1-5-12(19-11(4)15)8-13(7-10(3)14)18-9-20(16,17)6-2/h10,12-14H,5-9H2,1-4H3. The van der Waals surface area contributed by atoms with E-state index in [1.54, 1.807) is 13.8 Å². The van der Waals surface area contributed by atoms with Gasteiger partial charge in [0.2, 0.25) is 0 Å². The van der Waals surface area contributed by atoms with E-state index in [-0.39, 0.29) is 23.8 Å². The predicted octanol–water partition coefficient (Wildman–Crippen LogP) is 1.27. The topological polar surface area (TPSA) is 89.9 Å². The van der Waals surface area contributed by atoms with E-state index >= 15 is 0 Å². The second kappa shape index (κ2) is 9.31. The van der Waals surface area contributed by atoms with E-state index < -0.39 is 22.0 Å². The van der Waals surface area contributed by atoms with Gasteiger partial charge >= 0.3 is 5.97 Å². The lowest BCUT2D eigenvalue weighted by Crippen LogP contribution is -2.29. The minimum absolute atomic E-state index is 0.00948. The van der Waals surface area contributed by atoms with E-state index in [1.165, 1.54) is 6.92 Å². The smallest absolute Gasteiger partial charge is 0.302 e. The van der Waals surface area contributed by atoms with Crippen LogP contribution in [-0.4, -0.2) is 49.5 Å². The maximum Gasteiger partial charge on any atom is 0.302 e. The average Bonchev–Trinajstić information content (AvgIpc) is 2.34. The van der Waals surface area contributed by atoms with Crippen molar-refractivity contribution in [2.24, 2.45) is 0 Å². The number of hydrogen-bond donors (Lipinski definition) is 1. The van der Waals surface area contributed by atoms with E-state index in [9.17, 15) is 18.3 Å². The van der Waals surface area contributed by atoms with Crippen LogP contribution in [0.5, 0.6) is 0 Å². The SMILES string of the molecule is CCC(CC(CC(C)O)OCS(=O)(=O)CC)OC(C)=O. The fraction of sp³-hybridized carbons (Fsp3) is 0.923. The Bertz CT molecular complexity index is 376. The van der Waals surface area contributed by atoms with Crippen molar-refractivity contribution in [1.82, 2.24) is 0 Å². The molecule has 0 aliphatic heterocycles. The van der Waals surface area contributed by atoms with Crippen molar-refractivity contribution in [2.45, 2.75) is 65.3 Å². The number of carbonyl (C=O) groups is 1. The van der Waals surface area contributed by atoms with E-state index in [4.69, 9.17) is 9.47 Å². The predicted molar refractivity (Wildman–Crippen MR) is 76.0 cm³/mol. The number of carbonyl (C=O) groups excluding carboxylic acids is 1. The quantitative estimate of drug-likeness (QED) is 0.611. The monoisotopic (exact) mass is 310 g/mol. The van der Waals surface area contributed by atoms with Crippen LogP contribution in [0.2, 0.25) is 0 Å². The lowest BCUT2D eigenvalue weighted by atomic mass is 10.0. The van der Waals surface area contributed by atoms with Crippen LogP contribution in [0.25, 0.3) is 0 Å². The van der Waals surface area contributed by atoms with Gasteiger partial charge in [0.05, 0.1) is 12.2 Å². The van der Waals surface area contributed by atoms with Crippen molar-refractivity contribution < 1.29 is 27.8 Å². The molecule has 3 unspecified atom stereocenters. The van der Waals surface area contributed by atoms with Crippen molar-refractivity contribution >= 4 is 15.8 Å². The summed E-state index contributed by atoms with van der Waals surface area (Å²) in [6, 6.07) is 0. The number of rotatable bonds is 10. The molecular formula is C13H26O6S. The molecule has 20 heavy (non-hydrogen) atoms. The summed E-state index contributed by atoms with van der Waals surface area (Å²) in [6.07, 6.45) is -0.114. The molecule has 0 aliphatic carbocycles. The Morgan fingerprint density at radius 3 is 2.20 bits per heavy atom. The van der Waals surface area contributed by atoms with Crippen LogP contribution in [0, 0.1) is 0 Å². The summed E-state index contributed by atoms with van der Waals surface area (Å²) < 4.78 is 33.4. The zero-order valence-electron chi connectivity index (χ0n) is 12.7. The van der Waals surface area contributed by atoms with Crippen molar-refractivity contribution in [2.75, 3.05) is 11.7 Å². The van der Waals surface area contributed by atoms with Crippen LogP contribution in [0.4, 0.5) is 0 Å². The second-order valence-electron chi connectivity index (χ2n) is 4.90. The Kier molecular flexibility index (Phi) is 9.00. The first-order valence-electron chi connectivity index (χ1n) is 6.87. The largest absolute Gasteiger partial charge is 0.462 e. The average molecular weight is 310 g/mol. The van der Waals surface area contributed by atoms with Crippen LogP contribution in [0.3, 0.4) is 0 Å². The van der Waals surface area contributed by atoms with Gasteiger partial charge in [-0.05, 0) is 19.8 Å². The Morgan fingerprint density at radius 1 is 1.20 bits per heavy atom. The van der Waals surface area contributed by atoms with Gasteiger partial charge in [0, 0.05) is 19.1 Å². The van der Waals surface area contributed by atoms with Crippen LogP contribution in [0.1, 0.15) is 47.0 Å². The molecular weight excluding hydrogens is 284 g/mol. The zero-order chi connectivity index (χ0) is 15.8. The molecule has 6 nitrogen and oxygen atoms in total. The fourth-order valence-corrected chi connectivity index (χ4v) is 2.29. The van der Waals surface area contributed by atoms with Gasteiger partial charge in [0.15, 0.2) is 9.84 Å². The number of hydrogen-bond acceptors (Lipinski definition) is 6. The van der Waals surface area contributed by atoms with Gasteiger partial charge in [-0.25, -0.2) is 8.42 Å². The Labute approximate surface area is 121 Å². The zero-order valence-corrected chi connectivity index (χ0v) is 13.5. The van der Waals surface area contributed by atoms with Gasteiger partial charge in [-0.15, -0.1) is 0 Å². The molecule has 0 radical (unpaired) electrons. The molecule has 0 aromatic rings. The van der Waals surface area contributed by atoms with Crippen LogP contribution < -0.4 is 0 Å². The fourth-order valence-electron chi connectivity index (χ4n) is 1.72. The third kappa shape index (κ3) is 9.28. The summed E-state index contributed by atoms with van der Waals surface area (Å²) in [5.41, 5.74) is 0. The van der Waals surface area contributed by atoms with Crippen LogP contribution >= 0.6 is 0 Å². The van der Waals surface area contributed by atoms with Crippen molar-refractivity contribution in [3.63, 3.8) is 0 Å². The van der Waals surface area contributed by atoms with Crippen molar-refractivity contribution in [1.29, 1.82) is 0 Å². The highest BCUT2D eigenvalue weighted by Crippen LogP contribution is 2.16. The molecule has 1 N–H and O–H groups in total. The molecule has 3 atom stereocenters. The summed E-state index contributed by atoms with van der Waals surface area (Å²) in [4.78, 5) is 11.0. The first-order chi connectivity index (χ1) is 9.20. The number of ether oxygens (including phenoxy) is 2. The van der Waals surface area contributed by atoms with Gasteiger partial charge in [-0.2, -0.15) is 0 Å². The highest BCUT2D eigenvalue weighted by atomic mass is 32.2. The van der Waals surface area contributed by atoms with E-state index in [1.807, 2.05) is 6.92 Å². The summed E-state index contributed by atoms with van der Waals surface area (Å²) in [7, 11) is -3.23. The lowest BCUT2D eigenvalue weighted by Gasteiger charge is -2.24. The molecule has 0 aliphatic rings. The molecule has 0 saturated heterocycles. The van der Waals surface area contributed by atoms with Crippen LogP contribution in [0.15, 0.2) is 0 Å². The van der Waals surface area contributed by atoms with Gasteiger partial charge < -0.3 is 14.6 Å². The third-order valence-electron chi connectivity index (χ3n) is 2.84. The molecule has 0 spiro atoms. The minimum Gasteiger partial charge on any atom is -0.462 e. The minimum atomic E-state index is -3.23. The first-order valence-corrected chi connectivity index (χ1v) is 8.69. The molecule has 0 bridgehead atoms. The van der Waals surface area contributed by atoms with Crippen molar-refractivity contribution in [3.8, 4) is 0 Å². The molecule has 0 saturated carbocycles. The molecule has 0 fully saturated rings. The summed E-state index contributed by atoms with van der Waals surface area (Å²) >= 11 is 0. The molecule has 0 aromatic heterocycles. The number of sulfone groups is 1. The number of esters is 1. The maximum atomic E-state index is 11.4. The highest BCUT2D eigenvalue weighted by molar-refractivity contribution is 7.91. The van der Waals surface area contributed by atoms with E-state index in [0.29, 0.717) is 19.3 Å². The van der Waals surface area contributed by atoms with E-state index in [2.05, 4.69) is 0 Å². The summed E-state index contributed by atoms with van der Waals surface area (Å²) in [5.74, 6) is -0.749. The van der Waals surface area contributed by atoms with Gasteiger partial charge in [0.25, 0.3) is 0 Å². The molecule has 0 heterocycles. The maximum absolute atomic E-state index is 11.4. The molecule has 0 amide bonds. The molecule has 120 valence electrons. The van der Waals surface area contributed by atoms with Gasteiger partial charge in [-0.3, -0.25) is 4.79 Å². The molecule has 0 rings (SSSR count). The Morgan fingerprint density at radius 2 is 1.80 bits per heavy atom. The normalized spacial score (nSPS) is 16.4. The lowest BCUT2D eigenvalue weighted by molar-refractivity contribution is -0.148. The Hall–Kier alpha value is -0.660. The van der Waals surface area contributed by atoms with Gasteiger partial charge in [0.1, 0.15) is 12.0 Å². The third-order valence-corrected chi connectivity index (χ3v) is 4.22. The number of aliphatic hydroxyl groups is 1. The highest BCUT2D eigenvalue weighted by Gasteiger charge is 2.21. The Balaban J connectivity index is 4.58. The second-order valence-corrected chi connectivity index (χ2v) is 7.20. The van der Waals surface area contributed by atoms with Gasteiger partial charge in [-0.1, -0.05) is 13.8 Å². The number of aliphatic hydroxyl groups excluding tert-OH is 1. The first kappa shape index (κ1) is 19.3. The molecule has 0 aromatic carbocycles. The summed E-state index contributed by atoms with van der Waals surface area (Å²) in [6.45, 7) is 6.36. The van der Waals surface area contributed by atoms with Crippen molar-refractivity contribution in [3.05, 3.63) is 0 Å².